The van der Waals surface area contributed by atoms with Gasteiger partial charge in [-0.15, -0.1) is 11.3 Å². The van der Waals surface area contributed by atoms with Crippen LogP contribution in [0.15, 0.2) is 16.6 Å². The lowest BCUT2D eigenvalue weighted by atomic mass is 10.3. The zero-order valence-electron chi connectivity index (χ0n) is 12.0. The first-order chi connectivity index (χ1) is 10.0. The van der Waals surface area contributed by atoms with E-state index in [1.165, 1.54) is 17.7 Å². The maximum absolute atomic E-state index is 12.5. The molecule has 3 N–H and O–H groups in total. The van der Waals surface area contributed by atoms with Gasteiger partial charge in [-0.25, -0.2) is 18.1 Å². The SMILES string of the molecule is CCCNCc1scc(C)c1S(=O)(=O)NCc1ncn[nH]1. The van der Waals surface area contributed by atoms with Crippen molar-refractivity contribution < 1.29 is 8.42 Å². The lowest BCUT2D eigenvalue weighted by molar-refractivity contribution is 0.576. The molecule has 116 valence electrons. The van der Waals surface area contributed by atoms with Crippen LogP contribution in [0.2, 0.25) is 0 Å². The fourth-order valence-electron chi connectivity index (χ4n) is 1.90. The fourth-order valence-corrected chi connectivity index (χ4v) is 4.66. The first-order valence-corrected chi connectivity index (χ1v) is 9.02. The van der Waals surface area contributed by atoms with Crippen LogP contribution >= 0.6 is 11.3 Å². The van der Waals surface area contributed by atoms with Crippen LogP contribution in [-0.2, 0) is 23.1 Å². The molecule has 2 aromatic rings. The van der Waals surface area contributed by atoms with Crippen molar-refractivity contribution in [2.75, 3.05) is 6.54 Å². The molecule has 7 nitrogen and oxygen atoms in total. The van der Waals surface area contributed by atoms with Crippen molar-refractivity contribution in [2.45, 2.75) is 38.3 Å². The average molecular weight is 329 g/mol. The van der Waals surface area contributed by atoms with Crippen molar-refractivity contribution in [3.8, 4) is 0 Å². The Bertz CT molecular complexity index is 664. The van der Waals surface area contributed by atoms with Gasteiger partial charge in [-0.05, 0) is 30.8 Å². The van der Waals surface area contributed by atoms with Gasteiger partial charge in [0.25, 0.3) is 0 Å². The molecule has 2 aromatic heterocycles. The zero-order chi connectivity index (χ0) is 15.3. The maximum Gasteiger partial charge on any atom is 0.242 e. The Morgan fingerprint density at radius 3 is 2.86 bits per heavy atom. The standard InChI is InChI=1S/C12H19N5O2S2/c1-3-4-13-5-10-12(9(2)7-20-10)21(18,19)16-6-11-14-8-15-17-11/h7-8,13,16H,3-6H2,1-2H3,(H,14,15,17). The molecule has 0 amide bonds. The van der Waals surface area contributed by atoms with Crippen LogP contribution in [0.3, 0.4) is 0 Å². The van der Waals surface area contributed by atoms with Gasteiger partial charge in [-0.3, -0.25) is 5.10 Å². The number of aromatic amines is 1. The van der Waals surface area contributed by atoms with Crippen molar-refractivity contribution in [2.24, 2.45) is 0 Å². The summed E-state index contributed by atoms with van der Waals surface area (Å²) in [6.07, 6.45) is 2.36. The Hall–Kier alpha value is -1.29. The third-order valence-electron chi connectivity index (χ3n) is 2.86. The fraction of sp³-hybridized carbons (Fsp3) is 0.500. The highest BCUT2D eigenvalue weighted by molar-refractivity contribution is 7.89. The molecule has 0 radical (unpaired) electrons. The molecule has 0 saturated carbocycles. The molecule has 0 unspecified atom stereocenters. The Labute approximate surface area is 128 Å². The number of sulfonamides is 1. The van der Waals surface area contributed by atoms with Crippen LogP contribution in [0.4, 0.5) is 0 Å². The molecule has 0 aliphatic rings. The van der Waals surface area contributed by atoms with Crippen LogP contribution in [-0.4, -0.2) is 30.1 Å². The highest BCUT2D eigenvalue weighted by Gasteiger charge is 2.22. The number of nitrogens with one attached hydrogen (secondary N) is 3. The van der Waals surface area contributed by atoms with E-state index >= 15 is 0 Å². The second-order valence-corrected chi connectivity index (χ2v) is 7.27. The van der Waals surface area contributed by atoms with Crippen LogP contribution in [0.1, 0.15) is 29.6 Å². The van der Waals surface area contributed by atoms with Crippen molar-refractivity contribution >= 4 is 21.4 Å². The van der Waals surface area contributed by atoms with E-state index in [4.69, 9.17) is 0 Å². The quantitative estimate of drug-likeness (QED) is 0.631. The molecule has 21 heavy (non-hydrogen) atoms. The van der Waals surface area contributed by atoms with Crippen LogP contribution in [0.5, 0.6) is 0 Å². The Morgan fingerprint density at radius 2 is 2.19 bits per heavy atom. The van der Waals surface area contributed by atoms with E-state index < -0.39 is 10.0 Å². The van der Waals surface area contributed by atoms with Crippen molar-refractivity contribution in [1.82, 2.24) is 25.2 Å². The first-order valence-electron chi connectivity index (χ1n) is 6.66. The average Bonchev–Trinajstić information content (AvgIpc) is 3.07. The molecule has 2 rings (SSSR count). The van der Waals surface area contributed by atoms with Gasteiger partial charge >= 0.3 is 0 Å². The summed E-state index contributed by atoms with van der Waals surface area (Å²) in [4.78, 5) is 5.10. The van der Waals surface area contributed by atoms with E-state index in [-0.39, 0.29) is 6.54 Å². The Morgan fingerprint density at radius 1 is 1.38 bits per heavy atom. The van der Waals surface area contributed by atoms with Gasteiger partial charge in [-0.2, -0.15) is 5.10 Å². The number of thiophene rings is 1. The van der Waals surface area contributed by atoms with Gasteiger partial charge in [0, 0.05) is 11.4 Å². The van der Waals surface area contributed by atoms with Gasteiger partial charge in [0.15, 0.2) is 0 Å². The summed E-state index contributed by atoms with van der Waals surface area (Å²) in [5.74, 6) is 0.483. The third kappa shape index (κ3) is 4.10. The molecule has 0 saturated heterocycles. The minimum atomic E-state index is -3.56. The molecule has 0 bridgehead atoms. The van der Waals surface area contributed by atoms with E-state index in [1.54, 1.807) is 0 Å². The summed E-state index contributed by atoms with van der Waals surface area (Å²) in [6, 6.07) is 0. The summed E-state index contributed by atoms with van der Waals surface area (Å²) in [7, 11) is -3.56. The van der Waals surface area contributed by atoms with Crippen LogP contribution in [0, 0.1) is 6.92 Å². The van der Waals surface area contributed by atoms with Gasteiger partial charge in [-0.1, -0.05) is 6.92 Å². The van der Waals surface area contributed by atoms with E-state index in [2.05, 4.69) is 32.1 Å². The Balaban J connectivity index is 2.13. The maximum atomic E-state index is 12.5. The van der Waals surface area contributed by atoms with Crippen molar-refractivity contribution in [3.05, 3.63) is 28.0 Å². The molecule has 2 heterocycles. The molecule has 0 aliphatic heterocycles. The van der Waals surface area contributed by atoms with Crippen molar-refractivity contribution in [1.29, 1.82) is 0 Å². The first kappa shape index (κ1) is 16.1. The van der Waals surface area contributed by atoms with Gasteiger partial charge in [0.1, 0.15) is 17.0 Å². The number of nitrogens with zero attached hydrogens (tertiary/aromatic N) is 2. The van der Waals surface area contributed by atoms with Gasteiger partial charge < -0.3 is 5.32 Å². The predicted molar refractivity (Wildman–Crippen MR) is 81.5 cm³/mol. The zero-order valence-corrected chi connectivity index (χ0v) is 13.6. The monoisotopic (exact) mass is 329 g/mol. The molecule has 0 aromatic carbocycles. The Kier molecular flexibility index (Phi) is 5.45. The summed E-state index contributed by atoms with van der Waals surface area (Å²) < 4.78 is 27.5. The minimum absolute atomic E-state index is 0.0967. The van der Waals surface area contributed by atoms with Gasteiger partial charge in [0.2, 0.25) is 10.0 Å². The number of H-pyrrole nitrogens is 1. The topological polar surface area (TPSA) is 99.8 Å². The highest BCUT2D eigenvalue weighted by atomic mass is 32.2. The number of rotatable bonds is 8. The molecular weight excluding hydrogens is 310 g/mol. The van der Waals surface area contributed by atoms with E-state index in [9.17, 15) is 8.42 Å². The van der Waals surface area contributed by atoms with E-state index in [1.807, 2.05) is 12.3 Å². The second-order valence-electron chi connectivity index (χ2n) is 4.60. The predicted octanol–water partition coefficient (Wildman–Crippen LogP) is 1.15. The third-order valence-corrected chi connectivity index (χ3v) is 5.73. The highest BCUT2D eigenvalue weighted by Crippen LogP contribution is 2.26. The minimum Gasteiger partial charge on any atom is -0.312 e. The van der Waals surface area contributed by atoms with E-state index in [0.717, 1.165) is 23.4 Å². The number of aromatic nitrogens is 3. The lowest BCUT2D eigenvalue weighted by Gasteiger charge is -2.09. The number of hydrogen-bond acceptors (Lipinski definition) is 6. The summed E-state index contributed by atoms with van der Waals surface area (Å²) in [5.41, 5.74) is 0.762. The number of hydrogen-bond donors (Lipinski definition) is 3. The summed E-state index contributed by atoms with van der Waals surface area (Å²) >= 11 is 1.46. The van der Waals surface area contributed by atoms with Crippen LogP contribution < -0.4 is 10.0 Å². The number of aryl methyl sites for hydroxylation is 1. The van der Waals surface area contributed by atoms with Crippen molar-refractivity contribution in [3.63, 3.8) is 0 Å². The van der Waals surface area contributed by atoms with E-state index in [0.29, 0.717) is 17.3 Å². The summed E-state index contributed by atoms with van der Waals surface area (Å²) in [5, 5.41) is 11.4. The molecule has 0 spiro atoms. The smallest absolute Gasteiger partial charge is 0.242 e. The largest absolute Gasteiger partial charge is 0.312 e. The summed E-state index contributed by atoms with van der Waals surface area (Å²) in [6.45, 7) is 5.40. The van der Waals surface area contributed by atoms with Crippen LogP contribution in [0.25, 0.3) is 0 Å². The van der Waals surface area contributed by atoms with Gasteiger partial charge in [0.05, 0.1) is 6.54 Å². The lowest BCUT2D eigenvalue weighted by Crippen LogP contribution is -2.26. The molecule has 0 aliphatic carbocycles. The molecular formula is C12H19N5O2S2. The normalized spacial score (nSPS) is 11.9. The molecule has 0 fully saturated rings. The second kappa shape index (κ2) is 7.12. The molecule has 0 atom stereocenters. The molecule has 9 heteroatoms.